The van der Waals surface area contributed by atoms with Crippen molar-refractivity contribution >= 4 is 11.7 Å². The van der Waals surface area contributed by atoms with Crippen molar-refractivity contribution in [2.24, 2.45) is 23.2 Å². The number of amides is 1. The van der Waals surface area contributed by atoms with E-state index in [4.69, 9.17) is 0 Å². The smallest absolute Gasteiger partial charge is 0.241 e. The lowest BCUT2D eigenvalue weighted by atomic mass is 9.79. The fourth-order valence-electron chi connectivity index (χ4n) is 4.23. The van der Waals surface area contributed by atoms with Crippen molar-refractivity contribution < 1.29 is 9.59 Å². The molecule has 3 rings (SSSR count). The van der Waals surface area contributed by atoms with E-state index in [1.165, 1.54) is 19.3 Å². The Balaban J connectivity index is 1.54. The van der Waals surface area contributed by atoms with Crippen LogP contribution in [0.2, 0.25) is 0 Å². The standard InChI is InChI=1S/C16H24N2O2/c1-16(2)8-12(7-13(19)9-16)17-18-15(20)14-6-10-3-4-11(14)5-10/h7,10-11,14,17H,3-6,8-9H2,1-2H3,(H,18,20)/t10-,11+,14+/m1/s1. The van der Waals surface area contributed by atoms with Crippen molar-refractivity contribution in [2.45, 2.75) is 52.4 Å². The van der Waals surface area contributed by atoms with Crippen molar-refractivity contribution in [2.75, 3.05) is 0 Å². The van der Waals surface area contributed by atoms with Crippen molar-refractivity contribution in [3.63, 3.8) is 0 Å². The van der Waals surface area contributed by atoms with Gasteiger partial charge in [-0.25, -0.2) is 0 Å². The van der Waals surface area contributed by atoms with Crippen LogP contribution in [0.1, 0.15) is 52.4 Å². The maximum Gasteiger partial charge on any atom is 0.241 e. The highest BCUT2D eigenvalue weighted by atomic mass is 16.2. The van der Waals surface area contributed by atoms with Crippen LogP contribution in [-0.4, -0.2) is 11.7 Å². The number of nitrogens with one attached hydrogen (secondary N) is 2. The molecule has 4 heteroatoms. The van der Waals surface area contributed by atoms with E-state index in [9.17, 15) is 9.59 Å². The van der Waals surface area contributed by atoms with Crippen LogP contribution in [-0.2, 0) is 9.59 Å². The van der Waals surface area contributed by atoms with Crippen molar-refractivity contribution in [3.8, 4) is 0 Å². The number of hydrogen-bond acceptors (Lipinski definition) is 3. The summed E-state index contributed by atoms with van der Waals surface area (Å²) >= 11 is 0. The number of ketones is 1. The van der Waals surface area contributed by atoms with Crippen molar-refractivity contribution in [1.29, 1.82) is 0 Å². The summed E-state index contributed by atoms with van der Waals surface area (Å²) in [6.07, 6.45) is 7.79. The van der Waals surface area contributed by atoms with Gasteiger partial charge in [0.2, 0.25) is 5.91 Å². The van der Waals surface area contributed by atoms with Crippen LogP contribution < -0.4 is 10.9 Å². The lowest BCUT2D eigenvalue weighted by molar-refractivity contribution is -0.127. The molecule has 1 amide bonds. The van der Waals surface area contributed by atoms with Gasteiger partial charge in [-0.2, -0.15) is 0 Å². The summed E-state index contributed by atoms with van der Waals surface area (Å²) in [7, 11) is 0. The molecule has 3 aliphatic rings. The highest BCUT2D eigenvalue weighted by molar-refractivity contribution is 5.91. The van der Waals surface area contributed by atoms with Gasteiger partial charge in [-0.15, -0.1) is 0 Å². The van der Waals surface area contributed by atoms with Crippen LogP contribution in [0.5, 0.6) is 0 Å². The maximum atomic E-state index is 12.2. The minimum Gasteiger partial charge on any atom is -0.303 e. The number of hydrogen-bond donors (Lipinski definition) is 2. The van der Waals surface area contributed by atoms with Crippen LogP contribution in [0.15, 0.2) is 11.8 Å². The molecule has 0 heterocycles. The summed E-state index contributed by atoms with van der Waals surface area (Å²) in [5.74, 6) is 1.77. The van der Waals surface area contributed by atoms with Gasteiger partial charge in [0.05, 0.1) is 0 Å². The average Bonchev–Trinajstić information content (AvgIpc) is 2.95. The molecule has 2 saturated carbocycles. The molecule has 0 aliphatic heterocycles. The first-order valence-electron chi connectivity index (χ1n) is 7.72. The molecule has 0 spiro atoms. The maximum absolute atomic E-state index is 12.2. The summed E-state index contributed by atoms with van der Waals surface area (Å²) in [6, 6.07) is 0. The summed E-state index contributed by atoms with van der Waals surface area (Å²) in [6.45, 7) is 4.16. The summed E-state index contributed by atoms with van der Waals surface area (Å²) in [5, 5.41) is 0. The molecule has 2 N–H and O–H groups in total. The van der Waals surface area contributed by atoms with Gasteiger partial charge in [0.1, 0.15) is 0 Å². The zero-order chi connectivity index (χ0) is 14.3. The molecule has 0 aromatic heterocycles. The molecule has 0 unspecified atom stereocenters. The Bertz CT molecular complexity index is 467. The van der Waals surface area contributed by atoms with Crippen LogP contribution in [0.3, 0.4) is 0 Å². The topological polar surface area (TPSA) is 58.2 Å². The predicted molar refractivity (Wildman–Crippen MR) is 76.3 cm³/mol. The van der Waals surface area contributed by atoms with Crippen LogP contribution in [0.4, 0.5) is 0 Å². The molecule has 0 aromatic rings. The van der Waals surface area contributed by atoms with Gasteiger partial charge in [0.25, 0.3) is 0 Å². The van der Waals surface area contributed by atoms with Crippen LogP contribution >= 0.6 is 0 Å². The fourth-order valence-corrected chi connectivity index (χ4v) is 4.23. The first kappa shape index (κ1) is 13.7. The van der Waals surface area contributed by atoms with E-state index in [-0.39, 0.29) is 23.0 Å². The van der Waals surface area contributed by atoms with Crippen molar-refractivity contribution in [3.05, 3.63) is 11.8 Å². The number of rotatable bonds is 3. The number of hydrazine groups is 1. The number of allylic oxidation sites excluding steroid dienone is 2. The van der Waals surface area contributed by atoms with E-state index in [2.05, 4.69) is 24.7 Å². The van der Waals surface area contributed by atoms with E-state index in [1.54, 1.807) is 6.08 Å². The molecule has 2 bridgehead atoms. The molecule has 2 fully saturated rings. The van der Waals surface area contributed by atoms with Gasteiger partial charge in [0, 0.05) is 24.1 Å². The van der Waals surface area contributed by atoms with E-state index >= 15 is 0 Å². The Morgan fingerprint density at radius 2 is 2.05 bits per heavy atom. The highest BCUT2D eigenvalue weighted by Gasteiger charge is 2.43. The highest BCUT2D eigenvalue weighted by Crippen LogP contribution is 2.48. The molecule has 0 aromatic carbocycles. The zero-order valence-corrected chi connectivity index (χ0v) is 12.4. The third kappa shape index (κ3) is 2.74. The lowest BCUT2D eigenvalue weighted by Crippen LogP contribution is -2.43. The van der Waals surface area contributed by atoms with Crippen molar-refractivity contribution in [1.82, 2.24) is 10.9 Å². The number of carbonyl (C=O) groups is 2. The Morgan fingerprint density at radius 1 is 1.25 bits per heavy atom. The lowest BCUT2D eigenvalue weighted by Gasteiger charge is -2.30. The Labute approximate surface area is 120 Å². The summed E-state index contributed by atoms with van der Waals surface area (Å²) < 4.78 is 0. The van der Waals surface area contributed by atoms with Gasteiger partial charge >= 0.3 is 0 Å². The second kappa shape index (κ2) is 4.90. The average molecular weight is 276 g/mol. The Morgan fingerprint density at radius 3 is 2.65 bits per heavy atom. The third-order valence-electron chi connectivity index (χ3n) is 5.08. The third-order valence-corrected chi connectivity index (χ3v) is 5.08. The van der Waals surface area contributed by atoms with Crippen LogP contribution in [0, 0.1) is 23.2 Å². The Hall–Kier alpha value is -1.32. The second-order valence-electron chi connectivity index (χ2n) is 7.55. The van der Waals surface area contributed by atoms with E-state index in [1.807, 2.05) is 0 Å². The summed E-state index contributed by atoms with van der Waals surface area (Å²) in [4.78, 5) is 23.9. The number of fused-ring (bicyclic) bond motifs is 2. The monoisotopic (exact) mass is 276 g/mol. The largest absolute Gasteiger partial charge is 0.303 e. The molecule has 3 aliphatic carbocycles. The zero-order valence-electron chi connectivity index (χ0n) is 12.4. The first-order valence-corrected chi connectivity index (χ1v) is 7.72. The quantitative estimate of drug-likeness (QED) is 0.778. The van der Waals surface area contributed by atoms with Gasteiger partial charge in [-0.3, -0.25) is 15.0 Å². The normalized spacial score (nSPS) is 34.8. The molecule has 0 radical (unpaired) electrons. The van der Waals surface area contributed by atoms with E-state index in [0.29, 0.717) is 12.3 Å². The molecular formula is C16H24N2O2. The van der Waals surface area contributed by atoms with Gasteiger partial charge in [0.15, 0.2) is 5.78 Å². The summed E-state index contributed by atoms with van der Waals surface area (Å²) in [5.41, 5.74) is 6.63. The fraction of sp³-hybridized carbons (Fsp3) is 0.750. The molecule has 3 atom stereocenters. The predicted octanol–water partition coefficient (Wildman–Crippen LogP) is 2.32. The molecule has 20 heavy (non-hydrogen) atoms. The van der Waals surface area contributed by atoms with E-state index in [0.717, 1.165) is 24.5 Å². The minimum absolute atomic E-state index is 0.0225. The molecule has 4 nitrogen and oxygen atoms in total. The molecule has 110 valence electrons. The molecular weight excluding hydrogens is 252 g/mol. The SMILES string of the molecule is CC1(C)CC(=O)C=C(NNC(=O)[C@H]2C[C@@H]3CC[C@H]2C3)C1. The van der Waals surface area contributed by atoms with E-state index < -0.39 is 0 Å². The van der Waals surface area contributed by atoms with Gasteiger partial charge < -0.3 is 5.43 Å². The van der Waals surface area contributed by atoms with Gasteiger partial charge in [-0.05, 0) is 42.9 Å². The second-order valence-corrected chi connectivity index (χ2v) is 7.55. The van der Waals surface area contributed by atoms with Gasteiger partial charge in [-0.1, -0.05) is 20.3 Å². The number of carbonyl (C=O) groups excluding carboxylic acids is 2. The first-order chi connectivity index (χ1) is 9.43. The molecule has 0 saturated heterocycles. The van der Waals surface area contributed by atoms with Crippen LogP contribution in [0.25, 0.3) is 0 Å². The minimum atomic E-state index is -0.0225. The Kier molecular flexibility index (Phi) is 3.35.